The Morgan fingerprint density at radius 1 is 1.35 bits per heavy atom. The molecular formula is C13H19FO3. The van der Waals surface area contributed by atoms with Gasteiger partial charge in [0.1, 0.15) is 0 Å². The molecule has 1 rings (SSSR count). The van der Waals surface area contributed by atoms with Crippen LogP contribution >= 0.6 is 0 Å². The van der Waals surface area contributed by atoms with Crippen molar-refractivity contribution in [3.05, 3.63) is 29.6 Å². The highest BCUT2D eigenvalue weighted by molar-refractivity contribution is 5.32. The van der Waals surface area contributed by atoms with E-state index in [4.69, 9.17) is 9.47 Å². The highest BCUT2D eigenvalue weighted by Gasteiger charge is 2.27. The van der Waals surface area contributed by atoms with Crippen molar-refractivity contribution >= 4 is 0 Å². The first-order valence-electron chi connectivity index (χ1n) is 5.59. The fourth-order valence-electron chi connectivity index (χ4n) is 1.75. The number of aliphatic hydroxyl groups is 1. The maximum absolute atomic E-state index is 13.9. The molecule has 0 saturated carbocycles. The lowest BCUT2D eigenvalue weighted by molar-refractivity contribution is -0.0338. The summed E-state index contributed by atoms with van der Waals surface area (Å²) in [4.78, 5) is 0. The molecule has 96 valence electrons. The highest BCUT2D eigenvalue weighted by atomic mass is 19.1. The van der Waals surface area contributed by atoms with Crippen molar-refractivity contribution < 1.29 is 19.0 Å². The van der Waals surface area contributed by atoms with E-state index in [2.05, 4.69) is 0 Å². The number of hydrogen-bond acceptors (Lipinski definition) is 3. The fourth-order valence-corrected chi connectivity index (χ4v) is 1.75. The van der Waals surface area contributed by atoms with Crippen LogP contribution in [0.5, 0.6) is 5.75 Å². The van der Waals surface area contributed by atoms with E-state index in [0.29, 0.717) is 12.0 Å². The Hall–Kier alpha value is -1.13. The first kappa shape index (κ1) is 13.9. The fraction of sp³-hybridized carbons (Fsp3) is 0.538. The largest absolute Gasteiger partial charge is 0.494 e. The molecule has 0 aliphatic heterocycles. The van der Waals surface area contributed by atoms with Crippen LogP contribution in [0.4, 0.5) is 4.39 Å². The zero-order chi connectivity index (χ0) is 12.9. The summed E-state index contributed by atoms with van der Waals surface area (Å²) in [6.45, 7) is 2.03. The molecule has 1 atom stereocenters. The van der Waals surface area contributed by atoms with Crippen molar-refractivity contribution in [3.8, 4) is 5.75 Å². The van der Waals surface area contributed by atoms with Crippen LogP contribution < -0.4 is 4.74 Å². The predicted octanol–water partition coefficient (Wildman–Crippen LogP) is 2.16. The van der Waals surface area contributed by atoms with E-state index in [1.165, 1.54) is 14.2 Å². The summed E-state index contributed by atoms with van der Waals surface area (Å²) in [5.41, 5.74) is -0.604. The van der Waals surface area contributed by atoms with Crippen molar-refractivity contribution in [2.75, 3.05) is 20.8 Å². The van der Waals surface area contributed by atoms with Gasteiger partial charge < -0.3 is 14.6 Å². The van der Waals surface area contributed by atoms with Crippen LogP contribution in [-0.4, -0.2) is 31.5 Å². The summed E-state index contributed by atoms with van der Waals surface area (Å²) < 4.78 is 23.8. The van der Waals surface area contributed by atoms with Crippen molar-refractivity contribution in [1.82, 2.24) is 0 Å². The Balaban J connectivity index is 2.93. The lowest BCUT2D eigenvalue weighted by Gasteiger charge is -2.26. The molecule has 1 aromatic rings. The summed E-state index contributed by atoms with van der Waals surface area (Å²) in [6, 6.07) is 4.91. The Labute approximate surface area is 101 Å². The molecule has 1 unspecified atom stereocenters. The van der Waals surface area contributed by atoms with E-state index in [-0.39, 0.29) is 18.8 Å². The molecule has 17 heavy (non-hydrogen) atoms. The second kappa shape index (κ2) is 5.98. The number of halogens is 1. The Morgan fingerprint density at radius 3 is 2.59 bits per heavy atom. The number of rotatable bonds is 6. The van der Waals surface area contributed by atoms with Gasteiger partial charge in [0.05, 0.1) is 19.3 Å². The topological polar surface area (TPSA) is 38.7 Å². The van der Waals surface area contributed by atoms with Crippen molar-refractivity contribution in [3.63, 3.8) is 0 Å². The van der Waals surface area contributed by atoms with Crippen LogP contribution in [-0.2, 0) is 11.2 Å². The van der Waals surface area contributed by atoms with Gasteiger partial charge in [0, 0.05) is 13.5 Å². The lowest BCUT2D eigenvalue weighted by atomic mass is 9.92. The van der Waals surface area contributed by atoms with Crippen LogP contribution in [0.25, 0.3) is 0 Å². The summed E-state index contributed by atoms with van der Waals surface area (Å²) in [6.07, 6.45) is 0.706. The molecule has 3 nitrogen and oxygen atoms in total. The number of benzene rings is 1. The molecule has 0 aliphatic carbocycles. The van der Waals surface area contributed by atoms with Gasteiger partial charge >= 0.3 is 0 Å². The van der Waals surface area contributed by atoms with Gasteiger partial charge in [-0.2, -0.15) is 0 Å². The third kappa shape index (κ3) is 3.41. The van der Waals surface area contributed by atoms with E-state index in [9.17, 15) is 9.50 Å². The van der Waals surface area contributed by atoms with Crippen molar-refractivity contribution in [1.29, 1.82) is 0 Å². The van der Waals surface area contributed by atoms with E-state index in [1.54, 1.807) is 18.2 Å². The van der Waals surface area contributed by atoms with Gasteiger partial charge in [0.25, 0.3) is 0 Å². The van der Waals surface area contributed by atoms with Gasteiger partial charge in [-0.15, -0.1) is 0 Å². The Kier molecular flexibility index (Phi) is 4.90. The van der Waals surface area contributed by atoms with Gasteiger partial charge in [-0.3, -0.25) is 0 Å². The van der Waals surface area contributed by atoms with E-state index in [0.717, 1.165) is 0 Å². The van der Waals surface area contributed by atoms with Gasteiger partial charge in [-0.1, -0.05) is 19.1 Å². The quantitative estimate of drug-likeness (QED) is 0.830. The Bertz CT molecular complexity index is 368. The molecule has 0 saturated heterocycles. The molecule has 0 heterocycles. The average molecular weight is 242 g/mol. The smallest absolute Gasteiger partial charge is 0.168 e. The minimum Gasteiger partial charge on any atom is -0.494 e. The van der Waals surface area contributed by atoms with Gasteiger partial charge in [-0.05, 0) is 18.1 Å². The van der Waals surface area contributed by atoms with Crippen LogP contribution in [0.3, 0.4) is 0 Å². The van der Waals surface area contributed by atoms with Crippen molar-refractivity contribution in [2.45, 2.75) is 25.4 Å². The number of ether oxygens (including phenoxy) is 2. The maximum atomic E-state index is 13.9. The standard InChI is InChI=1S/C13H19FO3/c1-4-13(15,9-16-2)8-10-6-5-7-11(17-3)12(10)14/h5-7,15H,4,8-9H2,1-3H3. The maximum Gasteiger partial charge on any atom is 0.168 e. The molecule has 4 heteroatoms. The van der Waals surface area contributed by atoms with Crippen LogP contribution in [0, 0.1) is 5.82 Å². The van der Waals surface area contributed by atoms with E-state index >= 15 is 0 Å². The molecule has 0 fully saturated rings. The molecule has 0 aromatic heterocycles. The van der Waals surface area contributed by atoms with Gasteiger partial charge in [0.15, 0.2) is 11.6 Å². The minimum absolute atomic E-state index is 0.181. The predicted molar refractivity (Wildman–Crippen MR) is 63.8 cm³/mol. The minimum atomic E-state index is -1.04. The monoisotopic (exact) mass is 242 g/mol. The second-order valence-electron chi connectivity index (χ2n) is 4.12. The van der Waals surface area contributed by atoms with Gasteiger partial charge in [-0.25, -0.2) is 4.39 Å². The third-order valence-corrected chi connectivity index (χ3v) is 2.85. The molecular weight excluding hydrogens is 223 g/mol. The second-order valence-corrected chi connectivity index (χ2v) is 4.12. The molecule has 0 radical (unpaired) electrons. The molecule has 1 aromatic carbocycles. The first-order valence-corrected chi connectivity index (χ1v) is 5.59. The van der Waals surface area contributed by atoms with E-state index in [1.807, 2.05) is 6.92 Å². The lowest BCUT2D eigenvalue weighted by Crippen LogP contribution is -2.36. The number of methoxy groups -OCH3 is 2. The van der Waals surface area contributed by atoms with E-state index < -0.39 is 11.4 Å². The SMILES string of the molecule is CCC(O)(COC)Cc1cccc(OC)c1F. The van der Waals surface area contributed by atoms with Crippen LogP contribution in [0.2, 0.25) is 0 Å². The zero-order valence-corrected chi connectivity index (χ0v) is 10.5. The zero-order valence-electron chi connectivity index (χ0n) is 10.5. The molecule has 0 aliphatic rings. The Morgan fingerprint density at radius 2 is 2.06 bits per heavy atom. The third-order valence-electron chi connectivity index (χ3n) is 2.85. The summed E-state index contributed by atoms with van der Waals surface area (Å²) >= 11 is 0. The normalized spacial score (nSPS) is 14.4. The summed E-state index contributed by atoms with van der Waals surface area (Å²) in [7, 11) is 2.94. The van der Waals surface area contributed by atoms with Crippen LogP contribution in [0.1, 0.15) is 18.9 Å². The molecule has 0 spiro atoms. The average Bonchev–Trinajstić information content (AvgIpc) is 2.32. The molecule has 0 amide bonds. The van der Waals surface area contributed by atoms with Gasteiger partial charge in [0.2, 0.25) is 0 Å². The van der Waals surface area contributed by atoms with Crippen molar-refractivity contribution in [2.24, 2.45) is 0 Å². The summed E-state index contributed by atoms with van der Waals surface area (Å²) in [5, 5.41) is 10.2. The molecule has 1 N–H and O–H groups in total. The summed E-state index contributed by atoms with van der Waals surface area (Å²) in [5.74, 6) is -0.226. The highest BCUT2D eigenvalue weighted by Crippen LogP contribution is 2.25. The van der Waals surface area contributed by atoms with Crippen LogP contribution in [0.15, 0.2) is 18.2 Å². The number of hydrogen-bond donors (Lipinski definition) is 1. The first-order chi connectivity index (χ1) is 8.06. The molecule has 0 bridgehead atoms.